The molecule has 0 aliphatic carbocycles. The number of aryl methyl sites for hydroxylation is 2. The van der Waals surface area contributed by atoms with Crippen LogP contribution in [0.5, 0.6) is 0 Å². The maximum atomic E-state index is 12.9. The summed E-state index contributed by atoms with van der Waals surface area (Å²) >= 11 is 1.54. The summed E-state index contributed by atoms with van der Waals surface area (Å²) in [6, 6.07) is 3.92. The second kappa shape index (κ2) is 5.79. The van der Waals surface area contributed by atoms with E-state index in [4.69, 9.17) is 0 Å². The fourth-order valence-electron chi connectivity index (χ4n) is 1.59. The molecular formula is C13H14FN3OS. The lowest BCUT2D eigenvalue weighted by Gasteiger charge is -2.09. The summed E-state index contributed by atoms with van der Waals surface area (Å²) in [4.78, 5) is 16.8. The summed E-state index contributed by atoms with van der Waals surface area (Å²) in [6.07, 6.45) is 1.74. The van der Waals surface area contributed by atoms with Crippen molar-refractivity contribution in [3.05, 3.63) is 45.7 Å². The Bertz CT molecular complexity index is 597. The molecule has 6 heteroatoms. The molecule has 2 amide bonds. The van der Waals surface area contributed by atoms with Crippen LogP contribution in [-0.2, 0) is 6.54 Å². The van der Waals surface area contributed by atoms with Crippen LogP contribution in [0.2, 0.25) is 0 Å². The number of hydrogen-bond acceptors (Lipinski definition) is 3. The van der Waals surface area contributed by atoms with E-state index >= 15 is 0 Å². The minimum atomic E-state index is -0.319. The van der Waals surface area contributed by atoms with Gasteiger partial charge in [-0.2, -0.15) is 0 Å². The number of nitrogens with zero attached hydrogens (tertiary/aromatic N) is 1. The maximum absolute atomic E-state index is 12.9. The van der Waals surface area contributed by atoms with Crippen LogP contribution in [0.1, 0.15) is 15.4 Å². The predicted molar refractivity (Wildman–Crippen MR) is 73.8 cm³/mol. The first-order valence-electron chi connectivity index (χ1n) is 5.77. The third kappa shape index (κ3) is 3.75. The number of hydrogen-bond donors (Lipinski definition) is 2. The van der Waals surface area contributed by atoms with E-state index in [0.717, 1.165) is 9.88 Å². The van der Waals surface area contributed by atoms with Gasteiger partial charge in [-0.25, -0.2) is 14.2 Å². The Balaban J connectivity index is 1.90. The molecule has 19 heavy (non-hydrogen) atoms. The summed E-state index contributed by atoms with van der Waals surface area (Å²) in [5.41, 5.74) is 1.28. The zero-order valence-corrected chi connectivity index (χ0v) is 11.5. The molecule has 0 aliphatic rings. The molecule has 0 fully saturated rings. The zero-order chi connectivity index (χ0) is 13.8. The topological polar surface area (TPSA) is 54.0 Å². The second-order valence-corrected chi connectivity index (χ2v) is 5.43. The number of carbonyl (C=O) groups is 1. The van der Waals surface area contributed by atoms with E-state index in [1.807, 2.05) is 6.92 Å². The number of amides is 2. The fraction of sp³-hybridized carbons (Fsp3) is 0.231. The number of urea groups is 1. The lowest BCUT2D eigenvalue weighted by atomic mass is 10.2. The molecule has 2 N–H and O–H groups in total. The maximum Gasteiger partial charge on any atom is 0.319 e. The molecule has 0 aliphatic heterocycles. The van der Waals surface area contributed by atoms with Crippen LogP contribution >= 0.6 is 11.3 Å². The Morgan fingerprint density at radius 3 is 2.84 bits per heavy atom. The molecule has 2 rings (SSSR count). The lowest BCUT2D eigenvalue weighted by molar-refractivity contribution is 0.252. The van der Waals surface area contributed by atoms with Crippen molar-refractivity contribution < 1.29 is 9.18 Å². The molecule has 1 aromatic carbocycles. The van der Waals surface area contributed by atoms with Crippen LogP contribution < -0.4 is 10.6 Å². The van der Waals surface area contributed by atoms with Crippen LogP contribution in [0.4, 0.5) is 14.9 Å². The standard InChI is InChI=1S/C13H14FN3OS/c1-8-5-10(14)3-4-12(8)17-13(18)16-7-11-6-15-9(2)19-11/h3-6H,7H2,1-2H3,(H2,16,17,18). The molecule has 2 aromatic rings. The van der Waals surface area contributed by atoms with Crippen LogP contribution in [0, 0.1) is 19.7 Å². The molecule has 0 spiro atoms. The first-order valence-corrected chi connectivity index (χ1v) is 6.58. The first-order chi connectivity index (χ1) is 9.04. The van der Waals surface area contributed by atoms with Crippen LogP contribution in [0.25, 0.3) is 0 Å². The quantitative estimate of drug-likeness (QED) is 0.906. The van der Waals surface area contributed by atoms with Gasteiger partial charge in [0.2, 0.25) is 0 Å². The molecule has 0 saturated heterocycles. The van der Waals surface area contributed by atoms with Crippen molar-refractivity contribution in [2.75, 3.05) is 5.32 Å². The number of halogens is 1. The number of anilines is 1. The number of nitrogens with one attached hydrogen (secondary N) is 2. The molecule has 0 bridgehead atoms. The third-order valence-electron chi connectivity index (χ3n) is 2.53. The van der Waals surface area contributed by atoms with E-state index in [9.17, 15) is 9.18 Å². The summed E-state index contributed by atoms with van der Waals surface area (Å²) in [6.45, 7) is 4.08. The van der Waals surface area contributed by atoms with Gasteiger partial charge in [0.25, 0.3) is 0 Å². The summed E-state index contributed by atoms with van der Waals surface area (Å²) < 4.78 is 12.9. The summed E-state index contributed by atoms with van der Waals surface area (Å²) in [5, 5.41) is 6.38. The predicted octanol–water partition coefficient (Wildman–Crippen LogP) is 3.22. The molecule has 1 aromatic heterocycles. The van der Waals surface area contributed by atoms with E-state index in [0.29, 0.717) is 17.8 Å². The number of rotatable bonds is 3. The number of benzene rings is 1. The first kappa shape index (κ1) is 13.5. The van der Waals surface area contributed by atoms with Crippen LogP contribution in [0.3, 0.4) is 0 Å². The average molecular weight is 279 g/mol. The number of aromatic nitrogens is 1. The highest BCUT2D eigenvalue weighted by molar-refractivity contribution is 7.11. The SMILES string of the molecule is Cc1ncc(CNC(=O)Nc2ccc(F)cc2C)s1. The fourth-order valence-corrected chi connectivity index (χ4v) is 2.32. The number of thiazole rings is 1. The van der Waals surface area contributed by atoms with Gasteiger partial charge in [0.1, 0.15) is 5.82 Å². The average Bonchev–Trinajstić information content (AvgIpc) is 2.76. The number of carbonyl (C=O) groups excluding carboxylic acids is 1. The van der Waals surface area contributed by atoms with Gasteiger partial charge in [-0.15, -0.1) is 11.3 Å². The van der Waals surface area contributed by atoms with Gasteiger partial charge in [0, 0.05) is 16.8 Å². The van der Waals surface area contributed by atoms with E-state index in [1.54, 1.807) is 19.2 Å². The van der Waals surface area contributed by atoms with E-state index in [-0.39, 0.29) is 11.8 Å². The summed E-state index contributed by atoms with van der Waals surface area (Å²) in [7, 11) is 0. The molecule has 100 valence electrons. The van der Waals surface area contributed by atoms with E-state index in [2.05, 4.69) is 15.6 Å². The molecule has 0 radical (unpaired) electrons. The third-order valence-corrected chi connectivity index (χ3v) is 3.44. The molecular weight excluding hydrogens is 265 g/mol. The molecule has 0 unspecified atom stereocenters. The van der Waals surface area contributed by atoms with Crippen LogP contribution in [-0.4, -0.2) is 11.0 Å². The van der Waals surface area contributed by atoms with E-state index < -0.39 is 0 Å². The Hall–Kier alpha value is -1.95. The molecule has 0 saturated carbocycles. The minimum absolute atomic E-state index is 0.316. The molecule has 1 heterocycles. The van der Waals surface area contributed by atoms with Gasteiger partial charge in [0.05, 0.1) is 11.6 Å². The van der Waals surface area contributed by atoms with Gasteiger partial charge in [0.15, 0.2) is 0 Å². The van der Waals surface area contributed by atoms with Crippen molar-refractivity contribution in [1.82, 2.24) is 10.3 Å². The van der Waals surface area contributed by atoms with Gasteiger partial charge < -0.3 is 10.6 Å². The monoisotopic (exact) mass is 279 g/mol. The zero-order valence-electron chi connectivity index (χ0n) is 10.7. The van der Waals surface area contributed by atoms with Gasteiger partial charge in [-0.05, 0) is 37.6 Å². The lowest BCUT2D eigenvalue weighted by Crippen LogP contribution is -2.28. The van der Waals surface area contributed by atoms with Gasteiger partial charge in [-0.3, -0.25) is 0 Å². The highest BCUT2D eigenvalue weighted by atomic mass is 32.1. The van der Waals surface area contributed by atoms with E-state index in [1.165, 1.54) is 23.5 Å². The molecule has 0 atom stereocenters. The largest absolute Gasteiger partial charge is 0.333 e. The normalized spacial score (nSPS) is 10.3. The second-order valence-electron chi connectivity index (χ2n) is 4.11. The summed E-state index contributed by atoms with van der Waals surface area (Å²) in [5.74, 6) is -0.316. The van der Waals surface area contributed by atoms with Crippen molar-refractivity contribution >= 4 is 23.1 Å². The highest BCUT2D eigenvalue weighted by Crippen LogP contribution is 2.15. The van der Waals surface area contributed by atoms with Crippen molar-refractivity contribution in [2.45, 2.75) is 20.4 Å². The van der Waals surface area contributed by atoms with Crippen molar-refractivity contribution in [2.24, 2.45) is 0 Å². The Morgan fingerprint density at radius 2 is 2.21 bits per heavy atom. The highest BCUT2D eigenvalue weighted by Gasteiger charge is 2.06. The minimum Gasteiger partial charge on any atom is -0.333 e. The Morgan fingerprint density at radius 1 is 1.42 bits per heavy atom. The smallest absolute Gasteiger partial charge is 0.319 e. The Labute approximate surface area is 114 Å². The van der Waals surface area contributed by atoms with Gasteiger partial charge in [-0.1, -0.05) is 0 Å². The van der Waals surface area contributed by atoms with Crippen LogP contribution in [0.15, 0.2) is 24.4 Å². The van der Waals surface area contributed by atoms with Crippen molar-refractivity contribution in [3.8, 4) is 0 Å². The van der Waals surface area contributed by atoms with Crippen molar-refractivity contribution in [1.29, 1.82) is 0 Å². The molecule has 4 nitrogen and oxygen atoms in total. The van der Waals surface area contributed by atoms with Crippen molar-refractivity contribution in [3.63, 3.8) is 0 Å². The Kier molecular flexibility index (Phi) is 4.11. The van der Waals surface area contributed by atoms with Gasteiger partial charge >= 0.3 is 6.03 Å².